The third-order valence-electron chi connectivity index (χ3n) is 8.01. The maximum Gasteiger partial charge on any atom is 0.331 e. The highest BCUT2D eigenvalue weighted by atomic mass is 16.7. The van der Waals surface area contributed by atoms with Crippen LogP contribution in [0.15, 0.2) is 72.9 Å². The average Bonchev–Trinajstić information content (AvgIpc) is 2.95. The van der Waals surface area contributed by atoms with Gasteiger partial charge >= 0.3 is 5.97 Å². The number of nitrogens with two attached hydrogens (primary N) is 1. The Morgan fingerprint density at radius 2 is 1.55 bits per heavy atom. The molecule has 0 aromatic rings. The van der Waals surface area contributed by atoms with Crippen molar-refractivity contribution in [2.45, 2.75) is 120 Å². The minimum atomic E-state index is -1.80. The molecule has 2 saturated heterocycles. The van der Waals surface area contributed by atoms with E-state index in [9.17, 15) is 30.3 Å². The Balaban J connectivity index is 1.84. The molecule has 11 heteroatoms. The number of rotatable bonds is 2. The van der Waals surface area contributed by atoms with Gasteiger partial charge in [0.15, 0.2) is 12.1 Å². The molecule has 0 aromatic carbocycles. The molecule has 3 aliphatic rings. The molecule has 0 aliphatic carbocycles. The van der Waals surface area contributed by atoms with Gasteiger partial charge in [0.1, 0.15) is 12.2 Å². The van der Waals surface area contributed by atoms with Gasteiger partial charge in [-0.2, -0.15) is 0 Å². The van der Waals surface area contributed by atoms with Gasteiger partial charge in [-0.15, -0.1) is 0 Å². The van der Waals surface area contributed by atoms with Crippen molar-refractivity contribution < 1.29 is 49.3 Å². The number of hydrogen-bond donors (Lipinski definition) is 6. The zero-order valence-electron chi connectivity index (χ0n) is 25.7. The summed E-state index contributed by atoms with van der Waals surface area (Å²) < 4.78 is 23.3. The summed E-state index contributed by atoms with van der Waals surface area (Å²) in [5.74, 6) is -2.66. The van der Waals surface area contributed by atoms with Gasteiger partial charge in [0.25, 0.3) is 0 Å². The Bertz CT molecular complexity index is 1090. The van der Waals surface area contributed by atoms with E-state index in [1.54, 1.807) is 51.2 Å². The molecular weight excluding hydrogens is 570 g/mol. The van der Waals surface area contributed by atoms with E-state index < -0.39 is 66.8 Å². The normalized spacial score (nSPS) is 46.0. The number of aliphatic hydroxyl groups excluding tert-OH is 4. The number of carbonyl (C=O) groups excluding carboxylic acids is 1. The van der Waals surface area contributed by atoms with Gasteiger partial charge in [-0.1, -0.05) is 73.8 Å². The van der Waals surface area contributed by atoms with Crippen LogP contribution >= 0.6 is 0 Å². The van der Waals surface area contributed by atoms with Gasteiger partial charge in [0.2, 0.25) is 0 Å². The minimum absolute atomic E-state index is 0.0883. The number of fused-ring (bicyclic) bond motifs is 2. The Labute approximate surface area is 259 Å². The SMILES string of the molecule is C[C@H]1[C@@H]2C[C@@H](O[C@@H]3O[C@H](C)[C@@H](O)[C@H](N)[C@@H]3O)/C=C/C=C/C=C/C=C/C[C@@H](C)OC(=O)/C=C/C=C/C[C@H](O)C[C@](O)(C[C@@H]1O)O2. The maximum absolute atomic E-state index is 12.0. The van der Waals surface area contributed by atoms with Crippen LogP contribution in [-0.2, 0) is 23.7 Å². The maximum atomic E-state index is 12.0. The van der Waals surface area contributed by atoms with Crippen molar-refractivity contribution in [3.63, 3.8) is 0 Å². The molecule has 2 bridgehead atoms. The highest BCUT2D eigenvalue weighted by Gasteiger charge is 2.46. The molecule has 0 spiro atoms. The number of aliphatic hydroxyl groups is 5. The van der Waals surface area contributed by atoms with Crippen LogP contribution in [0.2, 0.25) is 0 Å². The number of cyclic esters (lactones) is 1. The first kappa shape index (κ1) is 36.0. The molecule has 0 unspecified atom stereocenters. The molecule has 12 atom stereocenters. The van der Waals surface area contributed by atoms with Gasteiger partial charge in [-0.3, -0.25) is 0 Å². The van der Waals surface area contributed by atoms with E-state index in [4.69, 9.17) is 24.7 Å². The summed E-state index contributed by atoms with van der Waals surface area (Å²) >= 11 is 0. The summed E-state index contributed by atoms with van der Waals surface area (Å²) in [5.41, 5.74) is 6.00. The van der Waals surface area contributed by atoms with Crippen LogP contribution in [0, 0.1) is 5.92 Å². The van der Waals surface area contributed by atoms with Crippen molar-refractivity contribution in [3.8, 4) is 0 Å². The minimum Gasteiger partial charge on any atom is -0.459 e. The molecule has 7 N–H and O–H groups in total. The largest absolute Gasteiger partial charge is 0.459 e. The second kappa shape index (κ2) is 17.3. The predicted octanol–water partition coefficient (Wildman–Crippen LogP) is 1.84. The van der Waals surface area contributed by atoms with Crippen molar-refractivity contribution >= 4 is 5.97 Å². The van der Waals surface area contributed by atoms with Crippen molar-refractivity contribution in [1.82, 2.24) is 0 Å². The predicted molar refractivity (Wildman–Crippen MR) is 164 cm³/mol. The first-order valence-corrected chi connectivity index (χ1v) is 15.3. The van der Waals surface area contributed by atoms with E-state index >= 15 is 0 Å². The molecule has 3 aliphatic heterocycles. The van der Waals surface area contributed by atoms with Crippen LogP contribution in [0.1, 0.15) is 52.9 Å². The van der Waals surface area contributed by atoms with Crippen LogP contribution in [0.4, 0.5) is 0 Å². The van der Waals surface area contributed by atoms with Crippen LogP contribution in [-0.4, -0.2) is 98.5 Å². The van der Waals surface area contributed by atoms with E-state index in [-0.39, 0.29) is 37.7 Å². The lowest BCUT2D eigenvalue weighted by Crippen LogP contribution is -2.61. The van der Waals surface area contributed by atoms with E-state index in [0.717, 1.165) is 0 Å². The summed E-state index contributed by atoms with van der Waals surface area (Å²) in [6.45, 7) is 5.24. The number of esters is 1. The molecule has 3 rings (SSSR count). The molecule has 246 valence electrons. The van der Waals surface area contributed by atoms with Gasteiger partial charge in [0, 0.05) is 37.7 Å². The van der Waals surface area contributed by atoms with E-state index in [0.29, 0.717) is 6.42 Å². The fourth-order valence-electron chi connectivity index (χ4n) is 5.33. The summed E-state index contributed by atoms with van der Waals surface area (Å²) in [5, 5.41) is 53.7. The Hall–Kier alpha value is -2.45. The number of hydrogen-bond acceptors (Lipinski definition) is 11. The summed E-state index contributed by atoms with van der Waals surface area (Å²) in [4.78, 5) is 12.0. The highest BCUT2D eigenvalue weighted by Crippen LogP contribution is 2.37. The summed E-state index contributed by atoms with van der Waals surface area (Å²) in [7, 11) is 0. The summed E-state index contributed by atoms with van der Waals surface area (Å²) in [6.07, 6.45) is 13.5. The molecule has 3 heterocycles. The topological polar surface area (TPSA) is 181 Å². The van der Waals surface area contributed by atoms with Crippen molar-refractivity contribution in [1.29, 1.82) is 0 Å². The lowest BCUT2D eigenvalue weighted by Gasteiger charge is -2.45. The quantitative estimate of drug-likeness (QED) is 0.248. The Morgan fingerprint density at radius 3 is 2.30 bits per heavy atom. The molecule has 0 amide bonds. The van der Waals surface area contributed by atoms with Crippen LogP contribution in [0.25, 0.3) is 0 Å². The van der Waals surface area contributed by atoms with Crippen LogP contribution < -0.4 is 5.73 Å². The number of allylic oxidation sites excluding steroid dienone is 8. The first-order valence-electron chi connectivity index (χ1n) is 15.3. The fraction of sp³-hybridized carbons (Fsp3) is 0.606. The number of ether oxygens (including phenoxy) is 4. The highest BCUT2D eigenvalue weighted by molar-refractivity contribution is 5.82. The average molecular weight is 620 g/mol. The third-order valence-corrected chi connectivity index (χ3v) is 8.01. The van der Waals surface area contributed by atoms with Gasteiger partial charge in [-0.05, 0) is 20.3 Å². The van der Waals surface area contributed by atoms with E-state index in [2.05, 4.69) is 0 Å². The molecular formula is C33H49NO10. The molecule has 2 fully saturated rings. The Morgan fingerprint density at radius 1 is 0.886 bits per heavy atom. The lowest BCUT2D eigenvalue weighted by atomic mass is 9.84. The summed E-state index contributed by atoms with van der Waals surface area (Å²) in [6, 6.07) is -0.974. The third kappa shape index (κ3) is 11.2. The second-order valence-electron chi connectivity index (χ2n) is 11.9. The first-order chi connectivity index (χ1) is 20.9. The second-order valence-corrected chi connectivity index (χ2v) is 11.9. The van der Waals surface area contributed by atoms with Crippen molar-refractivity contribution in [3.05, 3.63) is 72.9 Å². The Kier molecular flexibility index (Phi) is 14.2. The molecule has 11 nitrogen and oxygen atoms in total. The van der Waals surface area contributed by atoms with Gasteiger partial charge in [0.05, 0.1) is 42.7 Å². The van der Waals surface area contributed by atoms with Crippen LogP contribution in [0.3, 0.4) is 0 Å². The lowest BCUT2D eigenvalue weighted by molar-refractivity contribution is -0.308. The van der Waals surface area contributed by atoms with E-state index in [1.165, 1.54) is 12.2 Å². The zero-order chi connectivity index (χ0) is 32.3. The van der Waals surface area contributed by atoms with Gasteiger partial charge in [-0.25, -0.2) is 4.79 Å². The fourth-order valence-corrected chi connectivity index (χ4v) is 5.33. The number of carbonyl (C=O) groups is 1. The monoisotopic (exact) mass is 619 g/mol. The molecule has 0 aromatic heterocycles. The smallest absolute Gasteiger partial charge is 0.331 e. The van der Waals surface area contributed by atoms with E-state index in [1.807, 2.05) is 30.4 Å². The zero-order valence-corrected chi connectivity index (χ0v) is 25.7. The standard InChI is InChI=1S/C33H49NO10/c1-21-14-10-7-5-4-6-8-12-16-25(43-32-31(39)29(34)30(38)23(3)42-32)18-27-22(2)26(36)20-33(40,44-27)19-24(35)15-11-9-13-17-28(37)41-21/h4-13,16-17,21-27,29-32,35-36,38-40H,14-15,18-20,34H2,1-3H3/b5-4+,8-6+,10-7+,11-9+,16-12+,17-13+/t21-,22-,23-,24+,25+,26+,27+,29+,30-,31+,32+,33-/m1/s1. The molecule has 0 saturated carbocycles. The van der Waals surface area contributed by atoms with Crippen molar-refractivity contribution in [2.24, 2.45) is 11.7 Å². The molecule has 44 heavy (non-hydrogen) atoms. The molecule has 0 radical (unpaired) electrons. The van der Waals surface area contributed by atoms with Crippen molar-refractivity contribution in [2.75, 3.05) is 0 Å². The van der Waals surface area contributed by atoms with Gasteiger partial charge < -0.3 is 50.2 Å². The van der Waals surface area contributed by atoms with Crippen LogP contribution in [0.5, 0.6) is 0 Å².